The van der Waals surface area contributed by atoms with Gasteiger partial charge < -0.3 is 10.2 Å². The van der Waals surface area contributed by atoms with Crippen molar-refractivity contribution in [2.75, 3.05) is 19.7 Å². The minimum absolute atomic E-state index is 0.0810. The Balaban J connectivity index is 3.80. The van der Waals surface area contributed by atoms with Crippen molar-refractivity contribution in [3.8, 4) is 11.8 Å². The van der Waals surface area contributed by atoms with Gasteiger partial charge in [0.2, 0.25) is 0 Å². The van der Waals surface area contributed by atoms with Gasteiger partial charge in [-0.15, -0.1) is 0 Å². The van der Waals surface area contributed by atoms with Crippen LogP contribution in [0.25, 0.3) is 0 Å². The molecule has 17 heavy (non-hydrogen) atoms. The van der Waals surface area contributed by atoms with Crippen LogP contribution in [0.5, 0.6) is 0 Å². The molecular formula is C11H17F3N2O. The Kier molecular flexibility index (Phi) is 7.39. The maximum atomic E-state index is 11.8. The Morgan fingerprint density at radius 1 is 1.41 bits per heavy atom. The number of hydrogen-bond donors (Lipinski definition) is 1. The zero-order chi connectivity index (χ0) is 13.3. The van der Waals surface area contributed by atoms with E-state index < -0.39 is 12.7 Å². The third kappa shape index (κ3) is 9.69. The third-order valence-electron chi connectivity index (χ3n) is 1.66. The molecule has 0 aliphatic heterocycles. The van der Waals surface area contributed by atoms with Gasteiger partial charge in [0, 0.05) is 12.5 Å². The van der Waals surface area contributed by atoms with Crippen molar-refractivity contribution in [2.24, 2.45) is 11.1 Å². The Hall–Kier alpha value is -1.22. The van der Waals surface area contributed by atoms with E-state index in [1.54, 1.807) is 6.92 Å². The average Bonchev–Trinajstić information content (AvgIpc) is 2.19. The number of rotatable bonds is 6. The van der Waals surface area contributed by atoms with Gasteiger partial charge in [-0.2, -0.15) is 13.2 Å². The van der Waals surface area contributed by atoms with Crippen LogP contribution < -0.4 is 5.32 Å². The zero-order valence-electron chi connectivity index (χ0n) is 10.2. The van der Waals surface area contributed by atoms with E-state index in [0.29, 0.717) is 5.71 Å². The quantitative estimate of drug-likeness (QED) is 0.339. The van der Waals surface area contributed by atoms with E-state index >= 15 is 0 Å². The molecule has 0 aromatic heterocycles. The highest BCUT2D eigenvalue weighted by atomic mass is 19.4. The highest BCUT2D eigenvalue weighted by Gasteiger charge is 2.25. The van der Waals surface area contributed by atoms with Gasteiger partial charge >= 0.3 is 6.18 Å². The van der Waals surface area contributed by atoms with Crippen LogP contribution in [0, 0.1) is 17.8 Å². The number of halogens is 3. The summed E-state index contributed by atoms with van der Waals surface area (Å²) in [7, 11) is 0. The first-order chi connectivity index (χ1) is 7.87. The first-order valence-corrected chi connectivity index (χ1v) is 5.27. The molecule has 0 spiro atoms. The number of hydrogen-bond acceptors (Lipinski definition) is 3. The van der Waals surface area contributed by atoms with Crippen LogP contribution in [0.2, 0.25) is 0 Å². The molecule has 0 saturated carbocycles. The fourth-order valence-electron chi connectivity index (χ4n) is 0.864. The molecule has 0 bridgehead atoms. The summed E-state index contributed by atoms with van der Waals surface area (Å²) in [6.45, 7) is 4.66. The highest BCUT2D eigenvalue weighted by molar-refractivity contribution is 6.01. The van der Waals surface area contributed by atoms with Crippen molar-refractivity contribution in [3.63, 3.8) is 0 Å². The molecule has 98 valence electrons. The molecule has 0 fully saturated rings. The van der Waals surface area contributed by atoms with Crippen LogP contribution in [0.3, 0.4) is 0 Å². The summed E-state index contributed by atoms with van der Waals surface area (Å²) < 4.78 is 35.3. The largest absolute Gasteiger partial charge is 0.401 e. The fourth-order valence-corrected chi connectivity index (χ4v) is 0.864. The highest BCUT2D eigenvalue weighted by Crippen LogP contribution is 2.11. The van der Waals surface area contributed by atoms with Crippen molar-refractivity contribution in [3.05, 3.63) is 0 Å². The van der Waals surface area contributed by atoms with Crippen LogP contribution in [-0.4, -0.2) is 31.6 Å². The molecule has 0 aliphatic rings. The summed E-state index contributed by atoms with van der Waals surface area (Å²) in [6.07, 6.45) is -4.19. The number of alkyl halides is 3. The van der Waals surface area contributed by atoms with Crippen molar-refractivity contribution in [2.45, 2.75) is 26.9 Å². The second-order valence-corrected chi connectivity index (χ2v) is 3.63. The average molecular weight is 250 g/mol. The fraction of sp³-hybridized carbons (Fsp3) is 0.727. The van der Waals surface area contributed by atoms with Gasteiger partial charge in [0.15, 0.2) is 0 Å². The topological polar surface area (TPSA) is 33.6 Å². The second-order valence-electron chi connectivity index (χ2n) is 3.63. The number of nitrogens with one attached hydrogen (secondary N) is 1. The predicted octanol–water partition coefficient (Wildman–Crippen LogP) is 2.19. The Morgan fingerprint density at radius 2 is 2.06 bits per heavy atom. The molecule has 0 aromatic rings. The first kappa shape index (κ1) is 15.8. The van der Waals surface area contributed by atoms with E-state index in [0.717, 1.165) is 0 Å². The molecule has 0 saturated heterocycles. The van der Waals surface area contributed by atoms with Crippen molar-refractivity contribution in [1.29, 1.82) is 0 Å². The minimum Gasteiger partial charge on any atom is -0.394 e. The van der Waals surface area contributed by atoms with Gasteiger partial charge in [-0.25, -0.2) is 0 Å². The molecule has 1 N–H and O–H groups in total. The van der Waals surface area contributed by atoms with E-state index in [1.165, 1.54) is 0 Å². The van der Waals surface area contributed by atoms with Crippen molar-refractivity contribution >= 4 is 5.71 Å². The predicted molar refractivity (Wildman–Crippen MR) is 60.6 cm³/mol. The van der Waals surface area contributed by atoms with Gasteiger partial charge in [-0.3, -0.25) is 0 Å². The molecule has 0 unspecified atom stereocenters. The van der Waals surface area contributed by atoms with Crippen LogP contribution in [-0.2, 0) is 4.84 Å². The van der Waals surface area contributed by atoms with Crippen LogP contribution in [0.1, 0.15) is 20.8 Å². The summed E-state index contributed by atoms with van der Waals surface area (Å²) in [5.41, 5.74) is 0.586. The molecule has 6 heteroatoms. The molecule has 0 aromatic carbocycles. The summed E-state index contributed by atoms with van der Waals surface area (Å²) >= 11 is 0. The zero-order valence-corrected chi connectivity index (χ0v) is 10.2. The molecule has 0 amide bonds. The molecule has 0 aliphatic carbocycles. The lowest BCUT2D eigenvalue weighted by Gasteiger charge is -2.07. The van der Waals surface area contributed by atoms with Crippen LogP contribution >= 0.6 is 0 Å². The van der Waals surface area contributed by atoms with E-state index in [2.05, 4.69) is 22.3 Å². The van der Waals surface area contributed by atoms with Crippen LogP contribution in [0.15, 0.2) is 5.16 Å². The lowest BCUT2D eigenvalue weighted by Crippen LogP contribution is -2.31. The summed E-state index contributed by atoms with van der Waals surface area (Å²) in [5.74, 6) is 5.60. The van der Waals surface area contributed by atoms with Gasteiger partial charge in [-0.05, 0) is 12.8 Å². The Bertz CT molecular complexity index is 300. The molecule has 0 heterocycles. The SMILES string of the molecule is CC#C/C(=N\OCCNCC(F)(F)F)C(C)C. The van der Waals surface area contributed by atoms with Gasteiger partial charge in [0.1, 0.15) is 12.3 Å². The number of oxime groups is 1. The summed E-state index contributed by atoms with van der Waals surface area (Å²) in [6, 6.07) is 0. The summed E-state index contributed by atoms with van der Waals surface area (Å²) in [4.78, 5) is 4.88. The molecule has 0 atom stereocenters. The lowest BCUT2D eigenvalue weighted by molar-refractivity contribution is -0.125. The molecule has 0 radical (unpaired) electrons. The van der Waals surface area contributed by atoms with Crippen molar-refractivity contribution in [1.82, 2.24) is 5.32 Å². The lowest BCUT2D eigenvalue weighted by atomic mass is 10.1. The van der Waals surface area contributed by atoms with E-state index in [4.69, 9.17) is 4.84 Å². The maximum absolute atomic E-state index is 11.8. The van der Waals surface area contributed by atoms with Gasteiger partial charge in [0.25, 0.3) is 0 Å². The van der Waals surface area contributed by atoms with E-state index in [1.807, 2.05) is 13.8 Å². The number of nitrogens with zero attached hydrogens (tertiary/aromatic N) is 1. The normalized spacial score (nSPS) is 12.3. The smallest absolute Gasteiger partial charge is 0.394 e. The maximum Gasteiger partial charge on any atom is 0.401 e. The monoisotopic (exact) mass is 250 g/mol. The first-order valence-electron chi connectivity index (χ1n) is 5.27. The summed E-state index contributed by atoms with van der Waals surface area (Å²) in [5, 5.41) is 5.97. The second kappa shape index (κ2) is 7.96. The molecule has 3 nitrogen and oxygen atoms in total. The minimum atomic E-state index is -4.19. The van der Waals surface area contributed by atoms with Gasteiger partial charge in [0.05, 0.1) is 6.54 Å². The molecular weight excluding hydrogens is 233 g/mol. The Morgan fingerprint density at radius 3 is 2.53 bits per heavy atom. The third-order valence-corrected chi connectivity index (χ3v) is 1.66. The van der Waals surface area contributed by atoms with Crippen LogP contribution in [0.4, 0.5) is 13.2 Å². The van der Waals surface area contributed by atoms with Crippen molar-refractivity contribution < 1.29 is 18.0 Å². The Labute approximate surface area is 99.4 Å². The molecule has 0 rings (SSSR count). The standard InChI is InChI=1S/C11H17F3N2O/c1-4-5-10(9(2)3)16-17-7-6-15-8-11(12,13)14/h9,15H,6-8H2,1-3H3/b16-10+. The van der Waals surface area contributed by atoms with E-state index in [-0.39, 0.29) is 19.1 Å². The van der Waals surface area contributed by atoms with E-state index in [9.17, 15) is 13.2 Å². The van der Waals surface area contributed by atoms with Gasteiger partial charge in [-0.1, -0.05) is 24.9 Å².